The Morgan fingerprint density at radius 2 is 1.33 bits per heavy atom. The van der Waals surface area contributed by atoms with E-state index in [9.17, 15) is 9.59 Å². The third-order valence-corrected chi connectivity index (χ3v) is 5.44. The highest BCUT2D eigenvalue weighted by Crippen LogP contribution is 2.65. The number of hydrogen-bond acceptors (Lipinski definition) is 4. The van der Waals surface area contributed by atoms with Gasteiger partial charge in [-0.2, -0.15) is 0 Å². The lowest BCUT2D eigenvalue weighted by Gasteiger charge is -2.59. The van der Waals surface area contributed by atoms with E-state index in [0.29, 0.717) is 26.1 Å². The van der Waals surface area contributed by atoms with Gasteiger partial charge in [0.2, 0.25) is 0 Å². The van der Waals surface area contributed by atoms with E-state index in [-0.39, 0.29) is 18.3 Å². The van der Waals surface area contributed by atoms with Crippen LogP contribution in [-0.4, -0.2) is 41.2 Å². The van der Waals surface area contributed by atoms with Crippen LogP contribution < -0.4 is 0 Å². The van der Waals surface area contributed by atoms with Gasteiger partial charge in [-0.3, -0.25) is 9.59 Å². The van der Waals surface area contributed by atoms with Gasteiger partial charge in [0.1, 0.15) is 0 Å². The standard InChI is InChI=1S/C15H22O6/c16-11(17)7-14(8-12(18)19)9-13(10-14)1-3-15(4-2-13)20-5-6-21-15/h1-10H2,(H,16,17)(H,18,19). The number of ether oxygens (including phenoxy) is 2. The minimum Gasteiger partial charge on any atom is -0.481 e. The van der Waals surface area contributed by atoms with Gasteiger partial charge in [0.15, 0.2) is 5.79 Å². The Morgan fingerprint density at radius 1 is 0.857 bits per heavy atom. The number of hydrogen-bond donors (Lipinski definition) is 2. The lowest BCUT2D eigenvalue weighted by atomic mass is 9.46. The summed E-state index contributed by atoms with van der Waals surface area (Å²) < 4.78 is 11.4. The molecule has 0 aromatic carbocycles. The van der Waals surface area contributed by atoms with Gasteiger partial charge in [-0.15, -0.1) is 0 Å². The van der Waals surface area contributed by atoms with Crippen molar-refractivity contribution in [1.82, 2.24) is 0 Å². The second-order valence-electron chi connectivity index (χ2n) is 7.10. The summed E-state index contributed by atoms with van der Waals surface area (Å²) >= 11 is 0. The number of carboxylic acid groups (broad SMARTS) is 2. The topological polar surface area (TPSA) is 93.1 Å². The molecule has 3 fully saturated rings. The van der Waals surface area contributed by atoms with Crippen LogP contribution >= 0.6 is 0 Å². The summed E-state index contributed by atoms with van der Waals surface area (Å²) in [5.41, 5.74) is -0.453. The van der Waals surface area contributed by atoms with Gasteiger partial charge < -0.3 is 19.7 Å². The molecule has 2 saturated carbocycles. The molecule has 1 saturated heterocycles. The van der Waals surface area contributed by atoms with Crippen molar-refractivity contribution in [3.05, 3.63) is 0 Å². The molecule has 6 nitrogen and oxygen atoms in total. The van der Waals surface area contributed by atoms with E-state index in [1.54, 1.807) is 0 Å². The molecular formula is C15H22O6. The molecule has 0 radical (unpaired) electrons. The Kier molecular flexibility index (Phi) is 3.48. The first-order valence-corrected chi connectivity index (χ1v) is 7.58. The molecule has 21 heavy (non-hydrogen) atoms. The quantitative estimate of drug-likeness (QED) is 0.824. The van der Waals surface area contributed by atoms with Crippen molar-refractivity contribution in [1.29, 1.82) is 0 Å². The molecule has 6 heteroatoms. The third-order valence-electron chi connectivity index (χ3n) is 5.44. The molecular weight excluding hydrogens is 276 g/mol. The van der Waals surface area contributed by atoms with Crippen LogP contribution in [0, 0.1) is 10.8 Å². The van der Waals surface area contributed by atoms with Crippen molar-refractivity contribution in [2.75, 3.05) is 13.2 Å². The molecule has 0 aromatic rings. The van der Waals surface area contributed by atoms with E-state index in [2.05, 4.69) is 0 Å². The molecule has 3 rings (SSSR count). The summed E-state index contributed by atoms with van der Waals surface area (Å²) in [4.78, 5) is 22.1. The zero-order valence-corrected chi connectivity index (χ0v) is 12.1. The maximum absolute atomic E-state index is 11.0. The van der Waals surface area contributed by atoms with E-state index >= 15 is 0 Å². The van der Waals surface area contributed by atoms with Gasteiger partial charge in [-0.25, -0.2) is 0 Å². The van der Waals surface area contributed by atoms with Gasteiger partial charge in [-0.1, -0.05) is 0 Å². The predicted molar refractivity (Wildman–Crippen MR) is 71.7 cm³/mol. The number of carbonyl (C=O) groups is 2. The molecule has 0 unspecified atom stereocenters. The minimum absolute atomic E-state index is 0.0425. The van der Waals surface area contributed by atoms with Crippen LogP contribution in [-0.2, 0) is 19.1 Å². The van der Waals surface area contributed by atoms with Crippen molar-refractivity contribution in [2.45, 2.75) is 57.2 Å². The lowest BCUT2D eigenvalue weighted by Crippen LogP contribution is -2.52. The second-order valence-corrected chi connectivity index (χ2v) is 7.10. The van der Waals surface area contributed by atoms with E-state index in [4.69, 9.17) is 19.7 Å². The fourth-order valence-corrected chi connectivity index (χ4v) is 4.79. The van der Waals surface area contributed by atoms with E-state index in [0.717, 1.165) is 25.7 Å². The number of rotatable bonds is 4. The van der Waals surface area contributed by atoms with Crippen LogP contribution in [0.3, 0.4) is 0 Å². The monoisotopic (exact) mass is 298 g/mol. The van der Waals surface area contributed by atoms with Crippen molar-refractivity contribution in [2.24, 2.45) is 10.8 Å². The normalized spacial score (nSPS) is 28.4. The van der Waals surface area contributed by atoms with Crippen LogP contribution in [0.25, 0.3) is 0 Å². The molecule has 2 aliphatic carbocycles. The van der Waals surface area contributed by atoms with E-state index < -0.39 is 23.1 Å². The summed E-state index contributed by atoms with van der Waals surface area (Å²) in [5, 5.41) is 18.1. The molecule has 0 aromatic heterocycles. The Labute approximate surface area is 123 Å². The van der Waals surface area contributed by atoms with Gasteiger partial charge in [0.25, 0.3) is 0 Å². The maximum atomic E-state index is 11.0. The van der Waals surface area contributed by atoms with E-state index in [1.807, 2.05) is 0 Å². The molecule has 2 spiro atoms. The predicted octanol–water partition coefficient (Wildman–Crippen LogP) is 2.02. The summed E-state index contributed by atoms with van der Waals surface area (Å²) in [7, 11) is 0. The smallest absolute Gasteiger partial charge is 0.303 e. The highest BCUT2D eigenvalue weighted by molar-refractivity contribution is 5.72. The van der Waals surface area contributed by atoms with Crippen LogP contribution in [0.2, 0.25) is 0 Å². The van der Waals surface area contributed by atoms with Crippen LogP contribution in [0.5, 0.6) is 0 Å². The van der Waals surface area contributed by atoms with Crippen molar-refractivity contribution in [3.63, 3.8) is 0 Å². The first-order chi connectivity index (χ1) is 9.87. The molecule has 1 heterocycles. The average molecular weight is 298 g/mol. The molecule has 1 aliphatic heterocycles. The van der Waals surface area contributed by atoms with Crippen molar-refractivity contribution < 1.29 is 29.3 Å². The lowest BCUT2D eigenvalue weighted by molar-refractivity contribution is -0.214. The zero-order valence-electron chi connectivity index (χ0n) is 12.1. The first-order valence-electron chi connectivity index (χ1n) is 7.58. The number of aliphatic carboxylic acids is 2. The Hall–Kier alpha value is -1.14. The highest BCUT2D eigenvalue weighted by Gasteiger charge is 2.58. The molecule has 3 aliphatic rings. The van der Waals surface area contributed by atoms with Crippen LogP contribution in [0.15, 0.2) is 0 Å². The van der Waals surface area contributed by atoms with Gasteiger partial charge in [-0.05, 0) is 36.5 Å². The van der Waals surface area contributed by atoms with Crippen LogP contribution in [0.4, 0.5) is 0 Å². The van der Waals surface area contributed by atoms with Gasteiger partial charge in [0.05, 0.1) is 26.1 Å². The molecule has 118 valence electrons. The summed E-state index contributed by atoms with van der Waals surface area (Å²) in [6.45, 7) is 1.30. The summed E-state index contributed by atoms with van der Waals surface area (Å²) in [5.74, 6) is -2.22. The Morgan fingerprint density at radius 3 is 1.76 bits per heavy atom. The molecule has 0 bridgehead atoms. The van der Waals surface area contributed by atoms with Gasteiger partial charge in [0, 0.05) is 12.8 Å². The molecule has 0 atom stereocenters. The Bertz CT molecular complexity index is 415. The van der Waals surface area contributed by atoms with Crippen LogP contribution in [0.1, 0.15) is 51.4 Å². The fraction of sp³-hybridized carbons (Fsp3) is 0.867. The second kappa shape index (κ2) is 4.95. The molecule has 2 N–H and O–H groups in total. The highest BCUT2D eigenvalue weighted by atomic mass is 16.7. The molecule has 0 amide bonds. The Balaban J connectivity index is 1.62. The third kappa shape index (κ3) is 2.79. The summed E-state index contributed by atoms with van der Waals surface area (Å²) in [6, 6.07) is 0. The first kappa shape index (κ1) is 14.8. The van der Waals surface area contributed by atoms with E-state index in [1.165, 1.54) is 0 Å². The van der Waals surface area contributed by atoms with Gasteiger partial charge >= 0.3 is 11.9 Å². The fourth-order valence-electron chi connectivity index (χ4n) is 4.79. The summed E-state index contributed by atoms with van der Waals surface area (Å²) in [6.07, 6.45) is 4.87. The zero-order chi connectivity index (χ0) is 15.1. The SMILES string of the molecule is O=C(O)CC1(CC(=O)O)CC2(CCC3(CC2)OCCO3)C1. The maximum Gasteiger partial charge on any atom is 0.303 e. The number of carboxylic acids is 2. The van der Waals surface area contributed by atoms with Crippen molar-refractivity contribution in [3.8, 4) is 0 Å². The largest absolute Gasteiger partial charge is 0.481 e. The minimum atomic E-state index is -0.902. The average Bonchev–Trinajstić information content (AvgIpc) is 2.78. The van der Waals surface area contributed by atoms with Crippen molar-refractivity contribution >= 4 is 11.9 Å².